The lowest BCUT2D eigenvalue weighted by molar-refractivity contribution is -0.136. The maximum Gasteiger partial charge on any atom is 0.255 e. The third-order valence-electron chi connectivity index (χ3n) is 6.79. The Morgan fingerprint density at radius 2 is 1.83 bits per heavy atom. The molecule has 0 radical (unpaired) electrons. The monoisotopic (exact) mass is 479 g/mol. The fourth-order valence-electron chi connectivity index (χ4n) is 4.77. The van der Waals surface area contributed by atoms with Crippen LogP contribution in [0.25, 0.3) is 0 Å². The van der Waals surface area contributed by atoms with E-state index in [0.29, 0.717) is 37.5 Å². The number of imide groups is 1. The lowest BCUT2D eigenvalue weighted by atomic mass is 10.0. The van der Waals surface area contributed by atoms with Crippen LogP contribution in [-0.4, -0.2) is 59.1 Å². The van der Waals surface area contributed by atoms with E-state index in [2.05, 4.69) is 10.2 Å². The number of morpholine rings is 1. The van der Waals surface area contributed by atoms with Gasteiger partial charge in [-0.25, -0.2) is 0 Å². The van der Waals surface area contributed by atoms with Gasteiger partial charge >= 0.3 is 0 Å². The molecule has 2 aromatic carbocycles. The number of carbonyl (C=O) groups excluding carboxylic acids is 3. The van der Waals surface area contributed by atoms with Crippen LogP contribution in [0.2, 0.25) is 0 Å². The number of hydrogen-bond donors (Lipinski definition) is 3. The number of amides is 3. The van der Waals surface area contributed by atoms with Crippen molar-refractivity contribution in [2.24, 2.45) is 11.5 Å². The largest absolute Gasteiger partial charge is 0.489 e. The zero-order valence-corrected chi connectivity index (χ0v) is 19.3. The highest BCUT2D eigenvalue weighted by Gasteiger charge is 2.40. The molecule has 2 saturated heterocycles. The minimum absolute atomic E-state index is 0.217. The van der Waals surface area contributed by atoms with Crippen molar-refractivity contribution in [2.75, 3.05) is 13.2 Å². The van der Waals surface area contributed by atoms with Crippen LogP contribution in [0, 0.1) is 0 Å². The van der Waals surface area contributed by atoms with Gasteiger partial charge in [0.15, 0.2) is 0 Å². The Hall–Kier alpha value is -3.31. The fraction of sp³-hybridized carbons (Fsp3) is 0.400. The summed E-state index contributed by atoms with van der Waals surface area (Å²) in [6.07, 6.45) is -0.273. The van der Waals surface area contributed by atoms with Gasteiger partial charge in [-0.05, 0) is 29.7 Å². The number of ether oxygens (including phenoxy) is 2. The van der Waals surface area contributed by atoms with E-state index in [4.69, 9.17) is 20.9 Å². The van der Waals surface area contributed by atoms with Crippen LogP contribution < -0.4 is 21.5 Å². The van der Waals surface area contributed by atoms with E-state index in [0.717, 1.165) is 23.2 Å². The van der Waals surface area contributed by atoms with Gasteiger partial charge in [0.05, 0.1) is 19.3 Å². The molecule has 3 atom stereocenters. The van der Waals surface area contributed by atoms with E-state index in [9.17, 15) is 14.4 Å². The number of fused-ring (bicyclic) bond motifs is 1. The minimum Gasteiger partial charge on any atom is -0.489 e. The van der Waals surface area contributed by atoms with E-state index >= 15 is 0 Å². The summed E-state index contributed by atoms with van der Waals surface area (Å²) in [6.45, 7) is 2.59. The third-order valence-corrected chi connectivity index (χ3v) is 6.79. The highest BCUT2D eigenvalue weighted by Crippen LogP contribution is 2.34. The van der Waals surface area contributed by atoms with E-state index in [1.54, 1.807) is 12.1 Å². The standard InChI is InChI=1S/C25H29N5O5/c26-22-23(27)34-11-10-29(22)12-15-4-6-16(7-5-15)14-35-20-3-1-2-17-18(20)13-30(25(17)33)19-8-9-21(31)28-24(19)32/h1-7,19,22-23H,8-14,26-27H2,(H,28,31,32). The second kappa shape index (κ2) is 9.74. The summed E-state index contributed by atoms with van der Waals surface area (Å²) in [7, 11) is 0. The molecule has 3 heterocycles. The Morgan fingerprint density at radius 3 is 2.60 bits per heavy atom. The Morgan fingerprint density at radius 1 is 1.06 bits per heavy atom. The average Bonchev–Trinajstić information content (AvgIpc) is 3.18. The minimum atomic E-state index is -0.651. The molecule has 3 aliphatic heterocycles. The molecule has 0 aliphatic carbocycles. The lowest BCUT2D eigenvalue weighted by Crippen LogP contribution is -2.59. The molecule has 3 unspecified atom stereocenters. The molecule has 0 aromatic heterocycles. The normalized spacial score (nSPS) is 24.9. The first-order valence-electron chi connectivity index (χ1n) is 11.7. The van der Waals surface area contributed by atoms with Crippen LogP contribution in [0.1, 0.15) is 39.9 Å². The van der Waals surface area contributed by atoms with Crippen LogP contribution in [-0.2, 0) is 34.0 Å². The molecule has 2 aromatic rings. The van der Waals surface area contributed by atoms with Gasteiger partial charge in [-0.3, -0.25) is 24.6 Å². The number of carbonyl (C=O) groups is 3. The molecule has 3 amide bonds. The Bertz CT molecular complexity index is 1140. The third kappa shape index (κ3) is 4.78. The van der Waals surface area contributed by atoms with Crippen LogP contribution in [0.4, 0.5) is 0 Å². The number of nitrogens with zero attached hydrogens (tertiary/aromatic N) is 2. The topological polar surface area (TPSA) is 140 Å². The maximum atomic E-state index is 13.0. The molecule has 2 fully saturated rings. The Kier molecular flexibility index (Phi) is 6.52. The molecule has 3 aliphatic rings. The van der Waals surface area contributed by atoms with Gasteiger partial charge in [0, 0.05) is 30.6 Å². The molecule has 35 heavy (non-hydrogen) atoms. The molecule has 5 rings (SSSR count). The first kappa shape index (κ1) is 23.4. The molecule has 10 nitrogen and oxygen atoms in total. The van der Waals surface area contributed by atoms with Crippen molar-refractivity contribution in [1.82, 2.24) is 15.1 Å². The maximum absolute atomic E-state index is 13.0. The summed E-state index contributed by atoms with van der Waals surface area (Å²) in [5.74, 6) is -0.333. The highest BCUT2D eigenvalue weighted by atomic mass is 16.5. The molecule has 0 bridgehead atoms. The van der Waals surface area contributed by atoms with Crippen molar-refractivity contribution in [3.8, 4) is 5.75 Å². The molecule has 10 heteroatoms. The first-order chi connectivity index (χ1) is 16.9. The lowest BCUT2D eigenvalue weighted by Gasteiger charge is -2.37. The van der Waals surface area contributed by atoms with E-state index < -0.39 is 18.2 Å². The van der Waals surface area contributed by atoms with Crippen molar-refractivity contribution in [1.29, 1.82) is 0 Å². The summed E-state index contributed by atoms with van der Waals surface area (Å²) >= 11 is 0. The summed E-state index contributed by atoms with van der Waals surface area (Å²) in [6, 6.07) is 12.8. The van der Waals surface area contributed by atoms with Crippen molar-refractivity contribution < 1.29 is 23.9 Å². The summed E-state index contributed by atoms with van der Waals surface area (Å²) in [4.78, 5) is 40.4. The van der Waals surface area contributed by atoms with Crippen molar-refractivity contribution in [3.63, 3.8) is 0 Å². The van der Waals surface area contributed by atoms with Gasteiger partial charge < -0.3 is 25.8 Å². The second-order valence-electron chi connectivity index (χ2n) is 9.08. The SMILES string of the molecule is NC1OCCN(Cc2ccc(COc3cccc4c3CN(C3CCC(=O)NC3=O)C4=O)cc2)C1N. The van der Waals surface area contributed by atoms with Crippen molar-refractivity contribution in [3.05, 3.63) is 64.7 Å². The number of nitrogens with two attached hydrogens (primary N) is 2. The van der Waals surface area contributed by atoms with Crippen molar-refractivity contribution in [2.45, 2.75) is 51.0 Å². The summed E-state index contributed by atoms with van der Waals surface area (Å²) < 4.78 is 11.5. The first-order valence-corrected chi connectivity index (χ1v) is 11.7. The predicted octanol–water partition coefficient (Wildman–Crippen LogP) is 0.428. The second-order valence-corrected chi connectivity index (χ2v) is 9.08. The Labute approximate surface area is 203 Å². The van der Waals surface area contributed by atoms with Gasteiger partial charge in [-0.1, -0.05) is 30.3 Å². The van der Waals surface area contributed by atoms with Crippen molar-refractivity contribution >= 4 is 17.7 Å². The number of piperidine rings is 1. The van der Waals surface area contributed by atoms with Gasteiger partial charge in [-0.15, -0.1) is 0 Å². The number of hydrogen-bond acceptors (Lipinski definition) is 8. The van der Waals surface area contributed by atoms with Crippen LogP contribution >= 0.6 is 0 Å². The van der Waals surface area contributed by atoms with Gasteiger partial charge in [-0.2, -0.15) is 0 Å². The number of benzene rings is 2. The fourth-order valence-corrected chi connectivity index (χ4v) is 4.77. The molecule has 184 valence electrons. The summed E-state index contributed by atoms with van der Waals surface area (Å²) in [5, 5.41) is 2.32. The predicted molar refractivity (Wildman–Crippen MR) is 126 cm³/mol. The molecule has 0 spiro atoms. The zero-order valence-electron chi connectivity index (χ0n) is 19.3. The molecule has 0 saturated carbocycles. The van der Waals surface area contributed by atoms with Gasteiger partial charge in [0.25, 0.3) is 5.91 Å². The van der Waals surface area contributed by atoms with Crippen LogP contribution in [0.3, 0.4) is 0 Å². The number of nitrogens with one attached hydrogen (secondary N) is 1. The smallest absolute Gasteiger partial charge is 0.255 e. The zero-order chi connectivity index (χ0) is 24.5. The quantitative estimate of drug-likeness (QED) is 0.507. The van der Waals surface area contributed by atoms with Crippen LogP contribution in [0.15, 0.2) is 42.5 Å². The molecular formula is C25H29N5O5. The average molecular weight is 480 g/mol. The van der Waals surface area contributed by atoms with E-state index in [-0.39, 0.29) is 30.9 Å². The number of rotatable bonds is 6. The van der Waals surface area contributed by atoms with Gasteiger partial charge in [0.2, 0.25) is 11.8 Å². The van der Waals surface area contributed by atoms with Gasteiger partial charge in [0.1, 0.15) is 24.6 Å². The summed E-state index contributed by atoms with van der Waals surface area (Å²) in [5.41, 5.74) is 15.4. The molecule has 5 N–H and O–H groups in total. The highest BCUT2D eigenvalue weighted by molar-refractivity contribution is 6.05. The van der Waals surface area contributed by atoms with E-state index in [1.165, 1.54) is 4.90 Å². The van der Waals surface area contributed by atoms with Crippen LogP contribution in [0.5, 0.6) is 5.75 Å². The Balaban J connectivity index is 1.22. The van der Waals surface area contributed by atoms with E-state index in [1.807, 2.05) is 30.3 Å². The molecular weight excluding hydrogens is 450 g/mol.